The van der Waals surface area contributed by atoms with Crippen LogP contribution in [0.15, 0.2) is 52.9 Å². The van der Waals surface area contributed by atoms with E-state index in [0.717, 1.165) is 36.1 Å². The van der Waals surface area contributed by atoms with Crippen LogP contribution in [0.2, 0.25) is 0 Å². The zero-order valence-corrected chi connectivity index (χ0v) is 21.0. The van der Waals surface area contributed by atoms with Crippen LogP contribution in [0.5, 0.6) is 0 Å². The molecule has 0 aliphatic heterocycles. The predicted molar refractivity (Wildman–Crippen MR) is 137 cm³/mol. The van der Waals surface area contributed by atoms with Gasteiger partial charge in [-0.15, -0.1) is 10.2 Å². The third-order valence-electron chi connectivity index (χ3n) is 5.82. The Morgan fingerprint density at radius 3 is 2.23 bits per heavy atom. The second-order valence-corrected chi connectivity index (χ2v) is 9.87. The molecule has 0 bridgehead atoms. The molecule has 0 aliphatic carbocycles. The lowest BCUT2D eigenvalue weighted by Gasteiger charge is -2.21. The number of nitrogens with zero attached hydrogens (tertiary/aromatic N) is 2. The molecule has 1 atom stereocenters. The molecule has 2 N–H and O–H groups in total. The molecule has 186 valence electrons. The summed E-state index contributed by atoms with van der Waals surface area (Å²) in [5.41, 5.74) is 3.39. The van der Waals surface area contributed by atoms with Gasteiger partial charge in [0.2, 0.25) is 11.8 Å². The summed E-state index contributed by atoms with van der Waals surface area (Å²) in [6, 6.07) is 15.7. The Kier molecular flexibility index (Phi) is 8.79. The van der Waals surface area contributed by atoms with Crippen molar-refractivity contribution >= 4 is 17.4 Å². The number of unbranched alkanes of at least 4 members (excludes halogenated alkanes) is 1. The van der Waals surface area contributed by atoms with Crippen LogP contribution in [-0.2, 0) is 10.2 Å². The number of benzene rings is 2. The van der Waals surface area contributed by atoms with Crippen LogP contribution >= 0.6 is 0 Å². The molecule has 0 aliphatic rings. The summed E-state index contributed by atoms with van der Waals surface area (Å²) >= 11 is 0. The summed E-state index contributed by atoms with van der Waals surface area (Å²) in [6.07, 6.45) is 3.75. The van der Waals surface area contributed by atoms with Gasteiger partial charge in [-0.3, -0.25) is 9.59 Å². The van der Waals surface area contributed by atoms with Crippen molar-refractivity contribution < 1.29 is 19.1 Å². The Balaban J connectivity index is 1.69. The first-order valence-electron chi connectivity index (χ1n) is 12.2. The molecule has 3 rings (SSSR count). The Hall–Kier alpha value is -3.48. The van der Waals surface area contributed by atoms with Crippen LogP contribution in [0.1, 0.15) is 94.1 Å². The van der Waals surface area contributed by atoms with Crippen LogP contribution in [-0.4, -0.2) is 27.1 Å². The van der Waals surface area contributed by atoms with Crippen molar-refractivity contribution in [3.63, 3.8) is 0 Å². The maximum atomic E-state index is 12.3. The van der Waals surface area contributed by atoms with Crippen molar-refractivity contribution in [3.05, 3.63) is 65.5 Å². The van der Waals surface area contributed by atoms with Crippen LogP contribution < -0.4 is 5.32 Å². The van der Waals surface area contributed by atoms with Crippen LogP contribution in [0, 0.1) is 0 Å². The molecule has 7 heteroatoms. The first-order chi connectivity index (χ1) is 16.7. The van der Waals surface area contributed by atoms with Gasteiger partial charge in [-0.25, -0.2) is 0 Å². The van der Waals surface area contributed by atoms with E-state index in [2.05, 4.69) is 34.6 Å². The fraction of sp³-hybridized carbons (Fsp3) is 0.429. The zero-order valence-electron chi connectivity index (χ0n) is 21.0. The number of carboxylic acid groups (broad SMARTS) is 1. The van der Waals surface area contributed by atoms with Gasteiger partial charge in [0.05, 0.1) is 6.04 Å². The maximum Gasteiger partial charge on any atom is 0.303 e. The van der Waals surface area contributed by atoms with Crippen molar-refractivity contribution in [1.29, 1.82) is 0 Å². The monoisotopic (exact) mass is 477 g/mol. The van der Waals surface area contributed by atoms with Crippen molar-refractivity contribution in [3.8, 4) is 11.5 Å². The highest BCUT2D eigenvalue weighted by Crippen LogP contribution is 2.29. The highest BCUT2D eigenvalue weighted by molar-refractivity contribution is 5.96. The quantitative estimate of drug-likeness (QED) is 0.276. The number of anilines is 1. The van der Waals surface area contributed by atoms with Gasteiger partial charge in [-0.1, -0.05) is 52.7 Å². The fourth-order valence-electron chi connectivity index (χ4n) is 3.73. The number of carboxylic acids is 1. The number of carbonyl (C=O) groups is 2. The molecule has 0 radical (unpaired) electrons. The van der Waals surface area contributed by atoms with E-state index in [-0.39, 0.29) is 30.1 Å². The number of hydrogen-bond acceptors (Lipinski definition) is 6. The van der Waals surface area contributed by atoms with Gasteiger partial charge in [0.25, 0.3) is 0 Å². The van der Waals surface area contributed by atoms with E-state index in [4.69, 9.17) is 9.52 Å². The molecule has 0 amide bonds. The predicted octanol–water partition coefficient (Wildman–Crippen LogP) is 6.82. The molecule has 0 saturated carbocycles. The number of ketones is 1. The number of hydrogen-bond donors (Lipinski definition) is 2. The first-order valence-corrected chi connectivity index (χ1v) is 12.2. The number of rotatable bonds is 12. The maximum absolute atomic E-state index is 12.3. The number of nitrogens with one attached hydrogen (secondary N) is 1. The second-order valence-electron chi connectivity index (χ2n) is 9.87. The number of aromatic nitrogens is 2. The van der Waals surface area contributed by atoms with Crippen LogP contribution in [0.3, 0.4) is 0 Å². The van der Waals surface area contributed by atoms with E-state index < -0.39 is 5.97 Å². The van der Waals surface area contributed by atoms with E-state index in [9.17, 15) is 9.59 Å². The van der Waals surface area contributed by atoms with Gasteiger partial charge in [0.15, 0.2) is 5.78 Å². The summed E-state index contributed by atoms with van der Waals surface area (Å²) in [7, 11) is 0. The topological polar surface area (TPSA) is 105 Å². The minimum Gasteiger partial charge on any atom is -0.481 e. The zero-order chi connectivity index (χ0) is 25.4. The third-order valence-corrected chi connectivity index (χ3v) is 5.82. The van der Waals surface area contributed by atoms with Crippen molar-refractivity contribution in [2.45, 2.75) is 77.7 Å². The summed E-state index contributed by atoms with van der Waals surface area (Å²) in [5, 5.41) is 20.7. The second kappa shape index (κ2) is 11.8. The first kappa shape index (κ1) is 26.1. The smallest absolute Gasteiger partial charge is 0.303 e. The fourth-order valence-corrected chi connectivity index (χ4v) is 3.73. The highest BCUT2D eigenvalue weighted by atomic mass is 16.4. The van der Waals surface area contributed by atoms with E-state index in [1.54, 1.807) is 12.1 Å². The van der Waals surface area contributed by atoms with Gasteiger partial charge < -0.3 is 14.8 Å². The summed E-state index contributed by atoms with van der Waals surface area (Å²) in [4.78, 5) is 23.0. The standard InChI is InChI=1S/C28H35N3O4/c1-5-6-8-23(29-22-17-15-20(16-18-22)24(32)9-7-10-25(33)34)19-11-13-21(14-12-19)26-30-31-27(35-26)28(2,3)4/h11-18,23,29H,5-10H2,1-4H3,(H,33,34). The van der Waals surface area contributed by atoms with Gasteiger partial charge in [0.1, 0.15) is 0 Å². The Morgan fingerprint density at radius 2 is 1.66 bits per heavy atom. The molecular weight excluding hydrogens is 442 g/mol. The molecule has 3 aromatic rings. The molecule has 1 aromatic heterocycles. The molecular formula is C28H35N3O4. The molecule has 2 aromatic carbocycles. The molecule has 35 heavy (non-hydrogen) atoms. The third kappa shape index (κ3) is 7.50. The normalized spacial score (nSPS) is 12.3. The van der Waals surface area contributed by atoms with E-state index >= 15 is 0 Å². The SMILES string of the molecule is CCCCC(Nc1ccc(C(=O)CCCC(=O)O)cc1)c1ccc(-c2nnc(C(C)(C)C)o2)cc1. The molecule has 1 heterocycles. The average molecular weight is 478 g/mol. The van der Waals surface area contributed by atoms with E-state index in [1.165, 1.54) is 0 Å². The highest BCUT2D eigenvalue weighted by Gasteiger charge is 2.22. The largest absolute Gasteiger partial charge is 0.481 e. The Morgan fingerprint density at radius 1 is 0.971 bits per heavy atom. The van der Waals surface area contributed by atoms with Crippen molar-refractivity contribution in [2.75, 3.05) is 5.32 Å². The van der Waals surface area contributed by atoms with Gasteiger partial charge in [-0.2, -0.15) is 0 Å². The Bertz CT molecular complexity index is 1110. The molecule has 0 fully saturated rings. The van der Waals surface area contributed by atoms with Crippen LogP contribution in [0.25, 0.3) is 11.5 Å². The van der Waals surface area contributed by atoms with Crippen molar-refractivity contribution in [2.24, 2.45) is 0 Å². The molecule has 0 saturated heterocycles. The lowest BCUT2D eigenvalue weighted by molar-refractivity contribution is -0.137. The lowest BCUT2D eigenvalue weighted by atomic mass is 9.97. The molecule has 7 nitrogen and oxygen atoms in total. The summed E-state index contributed by atoms with van der Waals surface area (Å²) in [6.45, 7) is 8.30. The number of aliphatic carboxylic acids is 1. The number of carbonyl (C=O) groups excluding carboxylic acids is 1. The average Bonchev–Trinajstić information content (AvgIpc) is 3.33. The Labute approximate surface area is 207 Å². The minimum absolute atomic E-state index is 0.00747. The van der Waals surface area contributed by atoms with Gasteiger partial charge in [0, 0.05) is 35.1 Å². The van der Waals surface area contributed by atoms with Gasteiger partial charge in [-0.05, 0) is 54.8 Å². The molecule has 1 unspecified atom stereocenters. The minimum atomic E-state index is -0.879. The van der Waals surface area contributed by atoms with Crippen molar-refractivity contribution in [1.82, 2.24) is 10.2 Å². The summed E-state index contributed by atoms with van der Waals surface area (Å²) in [5.74, 6) is 0.216. The number of Topliss-reactive ketones (excluding diaryl/α,β-unsaturated/α-hetero) is 1. The van der Waals surface area contributed by atoms with E-state index in [0.29, 0.717) is 23.8 Å². The van der Waals surface area contributed by atoms with E-state index in [1.807, 2.05) is 45.0 Å². The van der Waals surface area contributed by atoms with Gasteiger partial charge >= 0.3 is 5.97 Å². The van der Waals surface area contributed by atoms with Crippen LogP contribution in [0.4, 0.5) is 5.69 Å². The lowest BCUT2D eigenvalue weighted by Crippen LogP contribution is -2.11. The summed E-state index contributed by atoms with van der Waals surface area (Å²) < 4.78 is 5.87. The molecule has 0 spiro atoms.